The van der Waals surface area contributed by atoms with Gasteiger partial charge in [-0.05, 0) is 114 Å². The van der Waals surface area contributed by atoms with E-state index < -0.39 is 96.6 Å². The molecule has 598 valence electrons. The molecule has 0 saturated carbocycles. The summed E-state index contributed by atoms with van der Waals surface area (Å²) >= 11 is 0. The SMILES string of the molecule is C=CCOC(=O)N(C)Cc1cc(NC(=O)[C@H](C)NC(=O)[C@@H](NC(=O)CCOCCOCCOCCOCCOCCNC(=O)c2cc(-c3cnc(S(C)(=O)=O)nc3)cc(-c3cnc(S(C)(=O)=O)nc3)c2)C(C)C)ccc1COC(=O)N[C@H]1CCc2c(C)c(F)cc3nc4c(c1c23)Cn1c-4cc2c(c1=O)COC(=O)[C@]2(O)CC. The third-order valence-electron chi connectivity index (χ3n) is 18.8. The highest BCUT2D eigenvalue weighted by molar-refractivity contribution is 7.90. The van der Waals surface area contributed by atoms with Crippen LogP contribution in [-0.2, 0) is 115 Å². The number of aromatic nitrogens is 6. The summed E-state index contributed by atoms with van der Waals surface area (Å²) < 4.78 is 109. The minimum Gasteiger partial charge on any atom is -0.458 e. The number of ether oxygens (including phenoxy) is 8. The Morgan fingerprint density at radius 3 is 1.94 bits per heavy atom. The zero-order valence-corrected chi connectivity index (χ0v) is 64.7. The van der Waals surface area contributed by atoms with E-state index in [1.54, 1.807) is 70.2 Å². The normalized spacial score (nSPS) is 15.4. The predicted octanol–water partition coefficient (Wildman–Crippen LogP) is 5.40. The number of esters is 1. The Hall–Kier alpha value is -10.6. The molecule has 4 aromatic heterocycles. The third-order valence-corrected chi connectivity index (χ3v) is 20.6. The van der Waals surface area contributed by atoms with E-state index in [0.29, 0.717) is 85.3 Å². The molecular formula is C76H89FN12O21S2. The molecule has 2 aliphatic heterocycles. The zero-order valence-electron chi connectivity index (χ0n) is 63.1. The lowest BCUT2D eigenvalue weighted by Gasteiger charge is -2.31. The van der Waals surface area contributed by atoms with Crippen molar-refractivity contribution >= 4 is 78.0 Å². The van der Waals surface area contributed by atoms with Crippen LogP contribution in [0.4, 0.5) is 19.7 Å². The minimum absolute atomic E-state index is 0.0172. The predicted molar refractivity (Wildman–Crippen MR) is 402 cm³/mol. The van der Waals surface area contributed by atoms with Gasteiger partial charge in [-0.2, -0.15) is 0 Å². The first-order valence-electron chi connectivity index (χ1n) is 36.0. The number of aryl methyl sites for hydroxylation is 1. The molecule has 0 radical (unpaired) electrons. The average Bonchev–Trinajstić information content (AvgIpc) is 0.770. The number of halogens is 1. The number of amides is 6. The molecule has 33 nitrogen and oxygen atoms in total. The molecular weight excluding hydrogens is 1500 g/mol. The summed E-state index contributed by atoms with van der Waals surface area (Å²) in [6, 6.07) is 9.57. The lowest BCUT2D eigenvalue weighted by atomic mass is 9.81. The van der Waals surface area contributed by atoms with E-state index in [9.17, 15) is 60.3 Å². The summed E-state index contributed by atoms with van der Waals surface area (Å²) in [7, 11) is -5.86. The first-order chi connectivity index (χ1) is 53.4. The third kappa shape index (κ3) is 20.4. The number of aliphatic hydroxyl groups is 1. The van der Waals surface area contributed by atoms with Crippen molar-refractivity contribution in [2.75, 3.05) is 104 Å². The van der Waals surface area contributed by atoms with Gasteiger partial charge < -0.3 is 79.1 Å². The number of nitrogens with one attached hydrogen (secondary N) is 5. The van der Waals surface area contributed by atoms with Crippen LogP contribution in [0.15, 0.2) is 101 Å². The second-order valence-corrected chi connectivity index (χ2v) is 31.1. The Morgan fingerprint density at radius 2 is 1.36 bits per heavy atom. The summed E-state index contributed by atoms with van der Waals surface area (Å²) in [6.07, 6.45) is 7.62. The lowest BCUT2D eigenvalue weighted by Crippen LogP contribution is -2.53. The van der Waals surface area contributed by atoms with Gasteiger partial charge in [-0.1, -0.05) is 39.5 Å². The van der Waals surface area contributed by atoms with Crippen LogP contribution in [-0.4, -0.2) is 209 Å². The van der Waals surface area contributed by atoms with E-state index >= 15 is 4.39 Å². The monoisotopic (exact) mass is 1590 g/mol. The fourth-order valence-corrected chi connectivity index (χ4v) is 13.8. The molecule has 0 unspecified atom stereocenters. The molecule has 112 heavy (non-hydrogen) atoms. The van der Waals surface area contributed by atoms with Crippen LogP contribution >= 0.6 is 0 Å². The molecule has 6 amide bonds. The number of sulfone groups is 2. The Balaban J connectivity index is 0.624. The zero-order chi connectivity index (χ0) is 80.8. The summed E-state index contributed by atoms with van der Waals surface area (Å²) in [6.45, 7) is 13.3. The van der Waals surface area contributed by atoms with Gasteiger partial charge in [0, 0.05) is 109 Å². The highest BCUT2D eigenvalue weighted by Crippen LogP contribution is 2.46. The summed E-state index contributed by atoms with van der Waals surface area (Å²) in [5.41, 5.74) is 4.00. The molecule has 7 aromatic rings. The van der Waals surface area contributed by atoms with E-state index in [1.807, 2.05) is 0 Å². The molecule has 6 N–H and O–H groups in total. The largest absolute Gasteiger partial charge is 0.458 e. The van der Waals surface area contributed by atoms with Crippen LogP contribution in [0, 0.1) is 18.7 Å². The molecule has 3 aliphatic rings. The number of carbonyl (C=O) groups excluding carboxylic acids is 7. The van der Waals surface area contributed by atoms with Gasteiger partial charge in [-0.3, -0.25) is 24.0 Å². The van der Waals surface area contributed by atoms with Crippen LogP contribution in [0.5, 0.6) is 0 Å². The van der Waals surface area contributed by atoms with E-state index in [4.69, 9.17) is 42.9 Å². The maximum atomic E-state index is 15.6. The summed E-state index contributed by atoms with van der Waals surface area (Å²) in [4.78, 5) is 130. The number of hydrogen-bond acceptors (Lipinski definition) is 26. The van der Waals surface area contributed by atoms with Gasteiger partial charge in [0.1, 0.15) is 37.7 Å². The number of fused-ring (bicyclic) bond motifs is 5. The number of hydrogen-bond donors (Lipinski definition) is 6. The van der Waals surface area contributed by atoms with E-state index in [1.165, 1.54) is 60.4 Å². The first-order valence-corrected chi connectivity index (χ1v) is 39.8. The van der Waals surface area contributed by atoms with Crippen LogP contribution in [0.25, 0.3) is 44.5 Å². The molecule has 0 saturated heterocycles. The standard InChI is InChI=1S/C76H89FN12O21S2/c1-10-18-108-75(97)88(7)39-50-32-53(13-12-46(50)41-110-74(96)86-59-15-14-54-44(5)58(77)34-60-63(54)64(59)55-40-89-61(66(55)85-60)33-57-56(70(89)94)42-109-71(95)76(57,98)11-2)84-67(91)45(6)83-69(93)65(43(3)4)87-62(90)16-19-103-21-23-105-25-27-107-28-26-106-24-22-104-20-17-78-68(92)49-30-47(51-35-79-72(80-36-51)111(8,99)100)29-48(31-49)52-37-81-73(82-38-52)112(9,101)102/h10,12-13,29-38,43,45,59,65,98H,1,11,14-28,39-42H2,2-9H3,(H,78,92)(H,83,93)(H,84,91)(H,86,96)(H,87,90)/t45-,59-,65-,76-/m0/s1. The van der Waals surface area contributed by atoms with Gasteiger partial charge in [0.15, 0.2) is 5.60 Å². The van der Waals surface area contributed by atoms with Gasteiger partial charge in [0.25, 0.3) is 11.5 Å². The Labute approximate surface area is 644 Å². The van der Waals surface area contributed by atoms with Gasteiger partial charge in [-0.15, -0.1) is 0 Å². The molecule has 36 heteroatoms. The summed E-state index contributed by atoms with van der Waals surface area (Å²) in [5, 5.41) is 25.4. The van der Waals surface area contributed by atoms with Crippen molar-refractivity contribution in [3.05, 3.63) is 152 Å². The van der Waals surface area contributed by atoms with Gasteiger partial charge >= 0.3 is 18.2 Å². The fraction of sp³-hybridized carbons (Fsp3) is 0.434. The average molecular weight is 1590 g/mol. The molecule has 0 bridgehead atoms. The molecule has 6 heterocycles. The van der Waals surface area contributed by atoms with Crippen LogP contribution < -0.4 is 32.1 Å². The van der Waals surface area contributed by atoms with E-state index in [-0.39, 0.29) is 162 Å². The van der Waals surface area contributed by atoms with Crippen molar-refractivity contribution < 1.29 is 97.8 Å². The number of anilines is 1. The van der Waals surface area contributed by atoms with Crippen LogP contribution in [0.2, 0.25) is 0 Å². The molecule has 1 aliphatic carbocycles. The molecule has 0 spiro atoms. The van der Waals surface area contributed by atoms with E-state index in [2.05, 4.69) is 53.1 Å². The fourth-order valence-electron chi connectivity index (χ4n) is 12.9. The highest BCUT2D eigenvalue weighted by atomic mass is 32.2. The number of alkyl carbamates (subject to hydrolysis) is 1. The Morgan fingerprint density at radius 1 is 0.759 bits per heavy atom. The Kier molecular flexibility index (Phi) is 27.8. The number of benzene rings is 3. The van der Waals surface area contributed by atoms with Crippen molar-refractivity contribution in [1.29, 1.82) is 0 Å². The van der Waals surface area contributed by atoms with Gasteiger partial charge in [0.05, 0.1) is 101 Å². The lowest BCUT2D eigenvalue weighted by molar-refractivity contribution is -0.172. The smallest absolute Gasteiger partial charge is 0.410 e. The van der Waals surface area contributed by atoms with Gasteiger partial charge in [-0.25, -0.2) is 60.5 Å². The molecule has 3 aromatic carbocycles. The quantitative estimate of drug-likeness (QED) is 0.00932. The Bertz CT molecular complexity index is 4940. The van der Waals surface area contributed by atoms with Crippen molar-refractivity contribution in [3.63, 3.8) is 0 Å². The van der Waals surface area contributed by atoms with Crippen LogP contribution in [0.3, 0.4) is 0 Å². The number of rotatable bonds is 37. The highest BCUT2D eigenvalue weighted by Gasteiger charge is 2.46. The second-order valence-electron chi connectivity index (χ2n) is 27.3. The topological polar surface area (TPSA) is 432 Å². The second kappa shape index (κ2) is 37.2. The van der Waals surface area contributed by atoms with Gasteiger partial charge in [0.2, 0.25) is 47.7 Å². The molecule has 4 atom stereocenters. The first kappa shape index (κ1) is 83.9. The molecule has 0 fully saturated rings. The van der Waals surface area contributed by atoms with Crippen molar-refractivity contribution in [2.24, 2.45) is 5.92 Å². The van der Waals surface area contributed by atoms with Crippen molar-refractivity contribution in [2.45, 2.75) is 121 Å². The maximum absolute atomic E-state index is 15.6. The number of pyridine rings is 2. The van der Waals surface area contributed by atoms with E-state index in [0.717, 1.165) is 12.5 Å². The summed E-state index contributed by atoms with van der Waals surface area (Å²) in [5.74, 6) is -3.92. The maximum Gasteiger partial charge on any atom is 0.410 e. The molecule has 10 rings (SSSR count). The number of nitrogens with zero attached hydrogens (tertiary/aromatic N) is 7. The van der Waals surface area contributed by atoms with Crippen molar-refractivity contribution in [1.82, 2.24) is 55.7 Å². The number of cyclic esters (lactones) is 1. The number of carbonyl (C=O) groups is 7. The van der Waals surface area contributed by atoms with Crippen LogP contribution in [0.1, 0.15) is 108 Å². The minimum atomic E-state index is -3.67. The van der Waals surface area contributed by atoms with Crippen molar-refractivity contribution in [3.8, 4) is 33.6 Å².